The number of rotatable bonds is 5. The summed E-state index contributed by atoms with van der Waals surface area (Å²) in [5.74, 6) is -0.228. The number of benzene rings is 2. The van der Waals surface area contributed by atoms with Crippen LogP contribution in [0.4, 0.5) is 5.69 Å². The normalized spacial score (nSPS) is 9.76. The second-order valence-electron chi connectivity index (χ2n) is 4.22. The number of carbonyl (C=O) groups is 2. The van der Waals surface area contributed by atoms with E-state index in [-0.39, 0.29) is 6.61 Å². The van der Waals surface area contributed by atoms with E-state index >= 15 is 0 Å². The lowest BCUT2D eigenvalue weighted by Gasteiger charge is -2.07. The average Bonchev–Trinajstić information content (AvgIpc) is 2.54. The van der Waals surface area contributed by atoms with Gasteiger partial charge in [0.1, 0.15) is 5.75 Å². The SMILES string of the molecule is COc1ccc(NC(=O)COC(=O)c2ccccc2)cc1. The molecular weight excluding hydrogens is 270 g/mol. The minimum Gasteiger partial charge on any atom is -0.497 e. The van der Waals surface area contributed by atoms with Crippen LogP contribution in [0.1, 0.15) is 10.4 Å². The Morgan fingerprint density at radius 1 is 1.00 bits per heavy atom. The monoisotopic (exact) mass is 285 g/mol. The van der Waals surface area contributed by atoms with Crippen LogP contribution in [0.2, 0.25) is 0 Å². The molecule has 108 valence electrons. The average molecular weight is 285 g/mol. The van der Waals surface area contributed by atoms with Crippen LogP contribution in [-0.4, -0.2) is 25.6 Å². The molecule has 0 aliphatic heterocycles. The first-order valence-electron chi connectivity index (χ1n) is 6.35. The molecule has 2 rings (SSSR count). The Hall–Kier alpha value is -2.82. The number of methoxy groups -OCH3 is 1. The van der Waals surface area contributed by atoms with Crippen molar-refractivity contribution in [2.24, 2.45) is 0 Å². The van der Waals surface area contributed by atoms with Gasteiger partial charge in [-0.1, -0.05) is 18.2 Å². The molecular formula is C16H15NO4. The minimum absolute atomic E-state index is 0.334. The van der Waals surface area contributed by atoms with Crippen molar-refractivity contribution in [2.45, 2.75) is 0 Å². The molecule has 0 bridgehead atoms. The second kappa shape index (κ2) is 7.09. The first kappa shape index (κ1) is 14.6. The molecule has 2 aromatic carbocycles. The van der Waals surface area contributed by atoms with Gasteiger partial charge in [-0.05, 0) is 36.4 Å². The van der Waals surface area contributed by atoms with Gasteiger partial charge in [-0.2, -0.15) is 0 Å². The molecule has 0 unspecified atom stereocenters. The summed E-state index contributed by atoms with van der Waals surface area (Å²) in [5.41, 5.74) is 1.02. The predicted molar refractivity (Wildman–Crippen MR) is 78.3 cm³/mol. The zero-order valence-electron chi connectivity index (χ0n) is 11.5. The van der Waals surface area contributed by atoms with Gasteiger partial charge in [0.2, 0.25) is 0 Å². The number of anilines is 1. The lowest BCUT2D eigenvalue weighted by atomic mass is 10.2. The third-order valence-corrected chi connectivity index (χ3v) is 2.72. The van der Waals surface area contributed by atoms with Gasteiger partial charge in [-0.25, -0.2) is 4.79 Å². The van der Waals surface area contributed by atoms with Crippen LogP contribution in [0.15, 0.2) is 54.6 Å². The number of nitrogens with one attached hydrogen (secondary N) is 1. The van der Waals surface area contributed by atoms with E-state index in [1.807, 2.05) is 0 Å². The van der Waals surface area contributed by atoms with Crippen molar-refractivity contribution >= 4 is 17.6 Å². The fourth-order valence-corrected chi connectivity index (χ4v) is 1.66. The maximum Gasteiger partial charge on any atom is 0.338 e. The van der Waals surface area contributed by atoms with Crippen molar-refractivity contribution in [1.29, 1.82) is 0 Å². The van der Waals surface area contributed by atoms with Crippen molar-refractivity contribution in [3.05, 3.63) is 60.2 Å². The van der Waals surface area contributed by atoms with Crippen LogP contribution in [0.25, 0.3) is 0 Å². The maximum absolute atomic E-state index is 11.7. The molecule has 0 aliphatic rings. The number of hydrogen-bond acceptors (Lipinski definition) is 4. The number of hydrogen-bond donors (Lipinski definition) is 1. The number of esters is 1. The number of ether oxygens (including phenoxy) is 2. The third-order valence-electron chi connectivity index (χ3n) is 2.72. The summed E-state index contributed by atoms with van der Waals surface area (Å²) in [7, 11) is 1.57. The van der Waals surface area contributed by atoms with Gasteiger partial charge in [0.25, 0.3) is 5.91 Å². The van der Waals surface area contributed by atoms with E-state index < -0.39 is 11.9 Å². The van der Waals surface area contributed by atoms with Gasteiger partial charge in [0, 0.05) is 5.69 Å². The number of carbonyl (C=O) groups excluding carboxylic acids is 2. The van der Waals surface area contributed by atoms with Crippen LogP contribution in [0.5, 0.6) is 5.75 Å². The Morgan fingerprint density at radius 2 is 1.67 bits per heavy atom. The second-order valence-corrected chi connectivity index (χ2v) is 4.22. The zero-order chi connectivity index (χ0) is 15.1. The molecule has 0 atom stereocenters. The minimum atomic E-state index is -0.527. The molecule has 5 heteroatoms. The highest BCUT2D eigenvalue weighted by molar-refractivity contribution is 5.95. The molecule has 0 heterocycles. The first-order chi connectivity index (χ1) is 10.2. The molecule has 0 saturated heterocycles. The standard InChI is InChI=1S/C16H15NO4/c1-20-14-9-7-13(8-10-14)17-15(18)11-21-16(19)12-5-3-2-4-6-12/h2-10H,11H2,1H3,(H,17,18). The summed E-state index contributed by atoms with van der Waals surface area (Å²) in [6.45, 7) is -0.334. The van der Waals surface area contributed by atoms with E-state index in [1.54, 1.807) is 61.7 Å². The molecule has 1 N–H and O–H groups in total. The topological polar surface area (TPSA) is 64.6 Å². The largest absolute Gasteiger partial charge is 0.497 e. The van der Waals surface area contributed by atoms with Crippen LogP contribution >= 0.6 is 0 Å². The summed E-state index contributed by atoms with van der Waals surface area (Å²) >= 11 is 0. The Bertz CT molecular complexity index is 608. The van der Waals surface area contributed by atoms with E-state index in [0.717, 1.165) is 0 Å². The van der Waals surface area contributed by atoms with Gasteiger partial charge in [-0.3, -0.25) is 4.79 Å². The van der Waals surface area contributed by atoms with Gasteiger partial charge < -0.3 is 14.8 Å². The van der Waals surface area contributed by atoms with Crippen LogP contribution < -0.4 is 10.1 Å². The van der Waals surface area contributed by atoms with Gasteiger partial charge in [0.05, 0.1) is 12.7 Å². The third kappa shape index (κ3) is 4.35. The highest BCUT2D eigenvalue weighted by Gasteiger charge is 2.09. The van der Waals surface area contributed by atoms with Crippen LogP contribution in [0, 0.1) is 0 Å². The van der Waals surface area contributed by atoms with E-state index in [0.29, 0.717) is 17.0 Å². The first-order valence-corrected chi connectivity index (χ1v) is 6.35. The molecule has 21 heavy (non-hydrogen) atoms. The van der Waals surface area contributed by atoms with Crippen molar-refractivity contribution in [1.82, 2.24) is 0 Å². The van der Waals surface area contributed by atoms with Crippen LogP contribution in [-0.2, 0) is 9.53 Å². The van der Waals surface area contributed by atoms with Crippen LogP contribution in [0.3, 0.4) is 0 Å². The Balaban J connectivity index is 1.83. The Kier molecular flexibility index (Phi) is 4.93. The summed E-state index contributed by atoms with van der Waals surface area (Å²) in [6.07, 6.45) is 0. The van der Waals surface area contributed by atoms with Gasteiger partial charge in [-0.15, -0.1) is 0 Å². The fraction of sp³-hybridized carbons (Fsp3) is 0.125. The smallest absolute Gasteiger partial charge is 0.338 e. The summed E-state index contributed by atoms with van der Waals surface area (Å²) in [5, 5.41) is 2.63. The Labute approximate surface area is 122 Å². The molecule has 1 amide bonds. The maximum atomic E-state index is 11.7. The fourth-order valence-electron chi connectivity index (χ4n) is 1.66. The number of amides is 1. The molecule has 0 radical (unpaired) electrons. The molecule has 0 fully saturated rings. The zero-order valence-corrected chi connectivity index (χ0v) is 11.5. The van der Waals surface area contributed by atoms with E-state index in [2.05, 4.69) is 5.32 Å². The molecule has 5 nitrogen and oxygen atoms in total. The molecule has 0 aromatic heterocycles. The van der Waals surface area contributed by atoms with E-state index in [9.17, 15) is 9.59 Å². The van der Waals surface area contributed by atoms with Crippen molar-refractivity contribution in [3.8, 4) is 5.75 Å². The lowest BCUT2D eigenvalue weighted by Crippen LogP contribution is -2.20. The lowest BCUT2D eigenvalue weighted by molar-refractivity contribution is -0.119. The predicted octanol–water partition coefficient (Wildman–Crippen LogP) is 2.49. The molecule has 0 aliphatic carbocycles. The van der Waals surface area contributed by atoms with Crippen molar-refractivity contribution in [2.75, 3.05) is 19.0 Å². The molecule has 2 aromatic rings. The van der Waals surface area contributed by atoms with Crippen molar-refractivity contribution < 1.29 is 19.1 Å². The Morgan fingerprint density at radius 3 is 2.29 bits per heavy atom. The highest BCUT2D eigenvalue weighted by Crippen LogP contribution is 2.14. The summed E-state index contributed by atoms with van der Waals surface area (Å²) in [6, 6.07) is 15.4. The summed E-state index contributed by atoms with van der Waals surface area (Å²) < 4.78 is 9.95. The molecule has 0 saturated carbocycles. The highest BCUT2D eigenvalue weighted by atomic mass is 16.5. The molecule has 0 spiro atoms. The van der Waals surface area contributed by atoms with Gasteiger partial charge in [0.15, 0.2) is 6.61 Å². The quantitative estimate of drug-likeness (QED) is 0.857. The van der Waals surface area contributed by atoms with Gasteiger partial charge >= 0.3 is 5.97 Å². The summed E-state index contributed by atoms with van der Waals surface area (Å²) in [4.78, 5) is 23.3. The van der Waals surface area contributed by atoms with E-state index in [4.69, 9.17) is 9.47 Å². The van der Waals surface area contributed by atoms with E-state index in [1.165, 1.54) is 0 Å². The van der Waals surface area contributed by atoms with Crippen molar-refractivity contribution in [3.63, 3.8) is 0 Å².